The zero-order chi connectivity index (χ0) is 24.6. The third-order valence-electron chi connectivity index (χ3n) is 6.95. The SMILES string of the molecule is Cc1nonc1C(=O)NC(c1cn2nc(C[C@H]3CCCNC3=O)ccc2n1)C1CCC(F)(F)CC1. The summed E-state index contributed by atoms with van der Waals surface area (Å²) in [6.45, 7) is 2.31. The lowest BCUT2D eigenvalue weighted by atomic mass is 9.81. The van der Waals surface area contributed by atoms with Crippen LogP contribution in [-0.4, -0.2) is 49.2 Å². The van der Waals surface area contributed by atoms with Crippen molar-refractivity contribution in [3.05, 3.63) is 41.1 Å². The molecule has 1 aliphatic heterocycles. The van der Waals surface area contributed by atoms with Crippen molar-refractivity contribution >= 4 is 17.5 Å². The van der Waals surface area contributed by atoms with Gasteiger partial charge in [0.25, 0.3) is 5.91 Å². The number of nitrogens with one attached hydrogen (secondary N) is 2. The molecule has 1 aliphatic carbocycles. The highest BCUT2D eigenvalue weighted by atomic mass is 19.3. The van der Waals surface area contributed by atoms with E-state index in [1.54, 1.807) is 17.6 Å². The van der Waals surface area contributed by atoms with Crippen molar-refractivity contribution in [2.75, 3.05) is 6.54 Å². The predicted molar refractivity (Wildman–Crippen MR) is 119 cm³/mol. The van der Waals surface area contributed by atoms with Gasteiger partial charge in [0.15, 0.2) is 11.3 Å². The number of piperidine rings is 1. The molecular weight excluding hydrogens is 460 g/mol. The van der Waals surface area contributed by atoms with Crippen LogP contribution in [0.15, 0.2) is 23.0 Å². The van der Waals surface area contributed by atoms with E-state index in [1.807, 2.05) is 12.1 Å². The summed E-state index contributed by atoms with van der Waals surface area (Å²) in [5.41, 5.74) is 2.24. The molecule has 2 fully saturated rings. The third-order valence-corrected chi connectivity index (χ3v) is 6.95. The average Bonchev–Trinajstić information content (AvgIpc) is 3.45. The summed E-state index contributed by atoms with van der Waals surface area (Å²) in [5, 5.41) is 17.7. The Hall–Kier alpha value is -3.44. The first-order valence-corrected chi connectivity index (χ1v) is 11.9. The Morgan fingerprint density at radius 3 is 2.80 bits per heavy atom. The average molecular weight is 488 g/mol. The van der Waals surface area contributed by atoms with Crippen LogP contribution in [0.2, 0.25) is 0 Å². The Bertz CT molecular complexity index is 1230. The van der Waals surface area contributed by atoms with Gasteiger partial charge in [-0.3, -0.25) is 9.59 Å². The number of aryl methyl sites for hydroxylation is 1. The van der Waals surface area contributed by atoms with Crippen LogP contribution in [0, 0.1) is 18.8 Å². The second-order valence-corrected chi connectivity index (χ2v) is 9.47. The number of nitrogens with zero attached hydrogens (tertiary/aromatic N) is 5. The van der Waals surface area contributed by atoms with Crippen LogP contribution in [-0.2, 0) is 11.2 Å². The number of hydrogen-bond donors (Lipinski definition) is 2. The first kappa shape index (κ1) is 23.3. The number of rotatable bonds is 6. The number of alkyl halides is 2. The summed E-state index contributed by atoms with van der Waals surface area (Å²) in [4.78, 5) is 29.7. The lowest BCUT2D eigenvalue weighted by Crippen LogP contribution is -2.37. The van der Waals surface area contributed by atoms with Gasteiger partial charge in [0.05, 0.1) is 23.6 Å². The van der Waals surface area contributed by atoms with E-state index in [4.69, 9.17) is 0 Å². The van der Waals surface area contributed by atoms with Crippen LogP contribution in [0.1, 0.15) is 72.1 Å². The summed E-state index contributed by atoms with van der Waals surface area (Å²) >= 11 is 0. The molecule has 35 heavy (non-hydrogen) atoms. The van der Waals surface area contributed by atoms with Crippen LogP contribution < -0.4 is 10.6 Å². The van der Waals surface area contributed by atoms with E-state index < -0.39 is 17.9 Å². The van der Waals surface area contributed by atoms with E-state index in [0.29, 0.717) is 30.0 Å². The largest absolute Gasteiger partial charge is 0.356 e. The fraction of sp³-hybridized carbons (Fsp3) is 0.565. The molecule has 3 aromatic heterocycles. The van der Waals surface area contributed by atoms with Gasteiger partial charge in [-0.05, 0) is 55.8 Å². The molecule has 0 spiro atoms. The predicted octanol–water partition coefficient (Wildman–Crippen LogP) is 2.79. The number of halogens is 2. The van der Waals surface area contributed by atoms with Crippen molar-refractivity contribution in [2.45, 2.75) is 63.8 Å². The van der Waals surface area contributed by atoms with Gasteiger partial charge in [-0.25, -0.2) is 22.9 Å². The molecule has 2 amide bonds. The molecule has 2 atom stereocenters. The normalized spacial score (nSPS) is 21.6. The summed E-state index contributed by atoms with van der Waals surface area (Å²) in [6.07, 6.45) is 4.00. The molecule has 1 saturated heterocycles. The van der Waals surface area contributed by atoms with Crippen LogP contribution in [0.3, 0.4) is 0 Å². The Kier molecular flexibility index (Phi) is 6.20. The van der Waals surface area contributed by atoms with E-state index in [9.17, 15) is 18.4 Å². The highest BCUT2D eigenvalue weighted by Gasteiger charge is 2.39. The molecular formula is C23H27F2N7O3. The molecule has 4 heterocycles. The van der Waals surface area contributed by atoms with E-state index in [1.165, 1.54) is 0 Å². The second kappa shape index (κ2) is 9.31. The highest BCUT2D eigenvalue weighted by molar-refractivity contribution is 5.93. The van der Waals surface area contributed by atoms with Crippen molar-refractivity contribution in [3.8, 4) is 0 Å². The standard InChI is InChI=1S/C23H27F2N7O3/c1-13-19(31-35-30-13)22(34)28-20(14-6-8-23(24,25)9-7-14)17-12-32-18(27-17)5-4-16(29-32)11-15-3-2-10-26-21(15)33/h4-5,12,14-15,20H,2-3,6-11H2,1H3,(H,26,33)(H,28,34)/t15-,20?/m1/s1. The zero-order valence-corrected chi connectivity index (χ0v) is 19.3. The van der Waals surface area contributed by atoms with Gasteiger partial charge < -0.3 is 10.6 Å². The van der Waals surface area contributed by atoms with Crippen molar-refractivity contribution in [2.24, 2.45) is 11.8 Å². The second-order valence-electron chi connectivity index (χ2n) is 9.47. The Balaban J connectivity index is 1.41. The van der Waals surface area contributed by atoms with Gasteiger partial charge in [-0.2, -0.15) is 5.10 Å². The van der Waals surface area contributed by atoms with E-state index in [-0.39, 0.29) is 49.1 Å². The molecule has 3 aromatic rings. The van der Waals surface area contributed by atoms with Crippen molar-refractivity contribution < 1.29 is 23.0 Å². The molecule has 1 unspecified atom stereocenters. The first-order valence-electron chi connectivity index (χ1n) is 11.9. The monoisotopic (exact) mass is 487 g/mol. The maximum atomic E-state index is 13.8. The summed E-state index contributed by atoms with van der Waals surface area (Å²) in [7, 11) is 0. The first-order chi connectivity index (χ1) is 16.8. The summed E-state index contributed by atoms with van der Waals surface area (Å²) < 4.78 is 33.9. The van der Waals surface area contributed by atoms with Gasteiger partial charge in [0.2, 0.25) is 11.8 Å². The van der Waals surface area contributed by atoms with Gasteiger partial charge in [-0.15, -0.1) is 0 Å². The quantitative estimate of drug-likeness (QED) is 0.547. The Labute approximate surface area is 199 Å². The van der Waals surface area contributed by atoms with Crippen molar-refractivity contribution in [1.29, 1.82) is 0 Å². The van der Waals surface area contributed by atoms with Crippen LogP contribution >= 0.6 is 0 Å². The molecule has 1 saturated carbocycles. The minimum Gasteiger partial charge on any atom is -0.356 e. The zero-order valence-electron chi connectivity index (χ0n) is 19.3. The van der Waals surface area contributed by atoms with Crippen molar-refractivity contribution in [3.63, 3.8) is 0 Å². The number of imidazole rings is 1. The number of carbonyl (C=O) groups is 2. The molecule has 0 aromatic carbocycles. The maximum absolute atomic E-state index is 13.8. The molecule has 0 radical (unpaired) electrons. The van der Waals surface area contributed by atoms with E-state index in [0.717, 1.165) is 18.5 Å². The highest BCUT2D eigenvalue weighted by Crippen LogP contribution is 2.41. The third kappa shape index (κ3) is 5.01. The molecule has 5 rings (SSSR count). The lowest BCUT2D eigenvalue weighted by Gasteiger charge is -2.33. The van der Waals surface area contributed by atoms with Crippen LogP contribution in [0.5, 0.6) is 0 Å². The summed E-state index contributed by atoms with van der Waals surface area (Å²) in [6, 6.07) is 3.04. The minimum absolute atomic E-state index is 0.0407. The van der Waals surface area contributed by atoms with Gasteiger partial charge >= 0.3 is 0 Å². The van der Waals surface area contributed by atoms with E-state index >= 15 is 0 Å². The lowest BCUT2D eigenvalue weighted by molar-refractivity contribution is -0.126. The van der Waals surface area contributed by atoms with Gasteiger partial charge in [0, 0.05) is 31.7 Å². The maximum Gasteiger partial charge on any atom is 0.276 e. The Morgan fingerprint density at radius 2 is 2.09 bits per heavy atom. The molecule has 186 valence electrons. The van der Waals surface area contributed by atoms with Gasteiger partial charge in [0.1, 0.15) is 5.69 Å². The number of fused-ring (bicyclic) bond motifs is 1. The van der Waals surface area contributed by atoms with Crippen molar-refractivity contribution in [1.82, 2.24) is 35.5 Å². The molecule has 2 aliphatic rings. The molecule has 2 N–H and O–H groups in total. The number of amides is 2. The number of carbonyl (C=O) groups excluding carboxylic acids is 2. The molecule has 0 bridgehead atoms. The fourth-order valence-corrected chi connectivity index (χ4v) is 4.96. The minimum atomic E-state index is -2.70. The Morgan fingerprint density at radius 1 is 1.29 bits per heavy atom. The smallest absolute Gasteiger partial charge is 0.276 e. The molecule has 10 nitrogen and oxygen atoms in total. The number of hydrogen-bond acceptors (Lipinski definition) is 7. The fourth-order valence-electron chi connectivity index (χ4n) is 4.96. The van der Waals surface area contributed by atoms with Crippen LogP contribution in [0.25, 0.3) is 5.65 Å². The number of aromatic nitrogens is 5. The topological polar surface area (TPSA) is 127 Å². The van der Waals surface area contributed by atoms with Gasteiger partial charge in [-0.1, -0.05) is 5.16 Å². The van der Waals surface area contributed by atoms with Crippen LogP contribution in [0.4, 0.5) is 8.78 Å². The summed E-state index contributed by atoms with van der Waals surface area (Å²) in [5.74, 6) is -3.50. The van der Waals surface area contributed by atoms with E-state index in [2.05, 4.69) is 35.7 Å². The molecule has 12 heteroatoms.